The smallest absolute Gasteiger partial charge is 0.296 e. The van der Waals surface area contributed by atoms with Crippen LogP contribution >= 0.6 is 0 Å². The molecule has 0 radical (unpaired) electrons. The number of ether oxygens (including phenoxy) is 1. The van der Waals surface area contributed by atoms with Crippen molar-refractivity contribution < 1.29 is 17.3 Å². The summed E-state index contributed by atoms with van der Waals surface area (Å²) in [6.45, 7) is 2.02. The second-order valence-electron chi connectivity index (χ2n) is 4.69. The molecule has 21 heavy (non-hydrogen) atoms. The highest BCUT2D eigenvalue weighted by Crippen LogP contribution is 2.15. The molecule has 0 saturated heterocycles. The van der Waals surface area contributed by atoms with Crippen LogP contribution in [0.25, 0.3) is 0 Å². The predicted octanol–water partition coefficient (Wildman–Crippen LogP) is 2.95. The summed E-state index contributed by atoms with van der Waals surface area (Å²) in [6, 6.07) is 14.1. The van der Waals surface area contributed by atoms with E-state index in [-0.39, 0.29) is 11.5 Å². The molecule has 2 aromatic carbocycles. The Labute approximate surface area is 125 Å². The van der Waals surface area contributed by atoms with Crippen molar-refractivity contribution in [2.45, 2.75) is 18.2 Å². The Hall–Kier alpha value is -1.85. The van der Waals surface area contributed by atoms with Crippen molar-refractivity contribution in [1.82, 2.24) is 0 Å². The summed E-state index contributed by atoms with van der Waals surface area (Å²) in [4.78, 5) is 0.183. The minimum atomic E-state index is -3.68. The molecular formula is C16H18O4S. The molecule has 0 aliphatic heterocycles. The van der Waals surface area contributed by atoms with E-state index >= 15 is 0 Å². The van der Waals surface area contributed by atoms with Crippen molar-refractivity contribution in [3.05, 3.63) is 59.7 Å². The van der Waals surface area contributed by atoms with Gasteiger partial charge in [-0.3, -0.25) is 4.18 Å². The third-order valence-electron chi connectivity index (χ3n) is 3.10. The van der Waals surface area contributed by atoms with Gasteiger partial charge in [0.15, 0.2) is 0 Å². The van der Waals surface area contributed by atoms with Gasteiger partial charge in [-0.1, -0.05) is 29.8 Å². The molecule has 2 aromatic rings. The van der Waals surface area contributed by atoms with Gasteiger partial charge in [-0.25, -0.2) is 0 Å². The molecule has 0 N–H and O–H groups in total. The number of aryl methyl sites for hydroxylation is 1. The summed E-state index contributed by atoms with van der Waals surface area (Å²) in [5.41, 5.74) is 2.00. The number of hydrogen-bond donors (Lipinski definition) is 0. The molecule has 0 atom stereocenters. The largest absolute Gasteiger partial charge is 0.497 e. The molecule has 0 aromatic heterocycles. The maximum atomic E-state index is 12.0. The lowest BCUT2D eigenvalue weighted by molar-refractivity contribution is 0.322. The Kier molecular flexibility index (Phi) is 4.98. The predicted molar refractivity (Wildman–Crippen MR) is 81.0 cm³/mol. The zero-order valence-electron chi connectivity index (χ0n) is 12.1. The molecule has 0 unspecified atom stereocenters. The molecule has 0 aliphatic carbocycles. The monoisotopic (exact) mass is 307 g/mol. The second-order valence-corrected chi connectivity index (χ2v) is 6.30. The average molecular weight is 307 g/mol. The lowest BCUT2D eigenvalue weighted by atomic mass is 10.2. The zero-order chi connectivity index (χ0) is 15.3. The van der Waals surface area contributed by atoms with Gasteiger partial charge < -0.3 is 4.74 Å². The molecule has 2 rings (SSSR count). The molecule has 4 nitrogen and oxygen atoms in total. The first kappa shape index (κ1) is 15.5. The molecule has 0 heterocycles. The van der Waals surface area contributed by atoms with Crippen molar-refractivity contribution >= 4 is 10.1 Å². The molecule has 0 bridgehead atoms. The van der Waals surface area contributed by atoms with Crippen LogP contribution in [0.5, 0.6) is 5.75 Å². The highest BCUT2D eigenvalue weighted by molar-refractivity contribution is 7.86. The van der Waals surface area contributed by atoms with Crippen molar-refractivity contribution in [2.75, 3.05) is 13.7 Å². The number of methoxy groups -OCH3 is 1. The summed E-state index contributed by atoms with van der Waals surface area (Å²) in [5, 5.41) is 0. The summed E-state index contributed by atoms with van der Waals surface area (Å²) >= 11 is 0. The van der Waals surface area contributed by atoms with Crippen LogP contribution in [0, 0.1) is 6.92 Å². The standard InChI is InChI=1S/C16H18O4S/c1-13-3-9-16(10-4-13)21(17,18)20-12-11-14-5-7-15(19-2)8-6-14/h3-10H,11-12H2,1-2H3/i12+1. The number of hydrogen-bond acceptors (Lipinski definition) is 4. The molecule has 0 spiro atoms. The third kappa shape index (κ3) is 4.31. The average Bonchev–Trinajstić information content (AvgIpc) is 2.48. The van der Waals surface area contributed by atoms with Gasteiger partial charge in [0.2, 0.25) is 0 Å². The van der Waals surface area contributed by atoms with Crippen molar-refractivity contribution in [1.29, 1.82) is 0 Å². The lowest BCUT2D eigenvalue weighted by Gasteiger charge is -2.07. The van der Waals surface area contributed by atoms with Crippen LogP contribution in [0.15, 0.2) is 53.4 Å². The summed E-state index contributed by atoms with van der Waals surface area (Å²) in [5.74, 6) is 0.770. The first-order chi connectivity index (χ1) is 10.0. The fraction of sp³-hybridized carbons (Fsp3) is 0.250. The van der Waals surface area contributed by atoms with Gasteiger partial charge in [0.1, 0.15) is 5.75 Å². The lowest BCUT2D eigenvalue weighted by Crippen LogP contribution is -2.09. The van der Waals surface area contributed by atoms with E-state index in [9.17, 15) is 8.42 Å². The van der Waals surface area contributed by atoms with E-state index in [0.29, 0.717) is 6.42 Å². The molecule has 0 saturated carbocycles. The highest BCUT2D eigenvalue weighted by atomic mass is 32.2. The van der Waals surface area contributed by atoms with Crippen LogP contribution in [0.1, 0.15) is 11.1 Å². The van der Waals surface area contributed by atoms with E-state index in [4.69, 9.17) is 8.92 Å². The fourth-order valence-electron chi connectivity index (χ4n) is 1.83. The first-order valence-corrected chi connectivity index (χ1v) is 8.01. The molecule has 112 valence electrons. The molecule has 0 amide bonds. The van der Waals surface area contributed by atoms with E-state index in [0.717, 1.165) is 16.9 Å². The summed E-state index contributed by atoms with van der Waals surface area (Å²) in [7, 11) is -2.08. The zero-order valence-corrected chi connectivity index (χ0v) is 12.9. The topological polar surface area (TPSA) is 52.6 Å². The van der Waals surface area contributed by atoms with Crippen LogP contribution in [-0.4, -0.2) is 22.1 Å². The number of benzene rings is 2. The Balaban J connectivity index is 1.93. The Bertz CT molecular complexity index is 673. The van der Waals surface area contributed by atoms with Gasteiger partial charge >= 0.3 is 0 Å². The minimum absolute atomic E-state index is 0.114. The van der Waals surface area contributed by atoms with Crippen molar-refractivity contribution in [2.24, 2.45) is 0 Å². The maximum absolute atomic E-state index is 12.0. The minimum Gasteiger partial charge on any atom is -0.497 e. The van der Waals surface area contributed by atoms with E-state index in [1.54, 1.807) is 31.4 Å². The van der Waals surface area contributed by atoms with Gasteiger partial charge in [-0.15, -0.1) is 0 Å². The SMILES string of the molecule is COc1ccc(C[13CH2]OS(=O)(=O)c2ccc(C)cc2)cc1. The van der Waals surface area contributed by atoms with Gasteiger partial charge in [0.05, 0.1) is 18.6 Å². The summed E-state index contributed by atoms with van der Waals surface area (Å²) in [6.07, 6.45) is 0.523. The van der Waals surface area contributed by atoms with E-state index in [1.807, 2.05) is 31.2 Å². The quantitative estimate of drug-likeness (QED) is 0.608. The fourth-order valence-corrected chi connectivity index (χ4v) is 2.74. The van der Waals surface area contributed by atoms with Crippen LogP contribution < -0.4 is 4.74 Å². The van der Waals surface area contributed by atoms with Gasteiger partial charge in [0, 0.05) is 0 Å². The molecular weight excluding hydrogens is 289 g/mol. The van der Waals surface area contributed by atoms with Crippen LogP contribution in [0.2, 0.25) is 0 Å². The van der Waals surface area contributed by atoms with E-state index in [2.05, 4.69) is 0 Å². The maximum Gasteiger partial charge on any atom is 0.296 e. The van der Waals surface area contributed by atoms with Crippen molar-refractivity contribution in [3.8, 4) is 5.75 Å². The normalized spacial score (nSPS) is 11.3. The second kappa shape index (κ2) is 6.74. The molecule has 5 heteroatoms. The molecule has 0 aliphatic rings. The Morgan fingerprint density at radius 3 is 2.14 bits per heavy atom. The van der Waals surface area contributed by atoms with Gasteiger partial charge in [-0.2, -0.15) is 8.42 Å². The van der Waals surface area contributed by atoms with E-state index < -0.39 is 10.1 Å². The summed E-state index contributed by atoms with van der Waals surface area (Å²) < 4.78 is 34.1. The molecule has 0 fully saturated rings. The van der Waals surface area contributed by atoms with Crippen LogP contribution in [0.3, 0.4) is 0 Å². The third-order valence-corrected chi connectivity index (χ3v) is 4.42. The number of rotatable bonds is 6. The highest BCUT2D eigenvalue weighted by Gasteiger charge is 2.14. The van der Waals surface area contributed by atoms with E-state index in [1.165, 1.54) is 0 Å². The Morgan fingerprint density at radius 1 is 0.952 bits per heavy atom. The van der Waals surface area contributed by atoms with Crippen molar-refractivity contribution in [3.63, 3.8) is 0 Å². The van der Waals surface area contributed by atoms with Gasteiger partial charge in [-0.05, 0) is 43.2 Å². The van der Waals surface area contributed by atoms with Gasteiger partial charge in [0.25, 0.3) is 10.1 Å². The Morgan fingerprint density at radius 2 is 1.57 bits per heavy atom. The van der Waals surface area contributed by atoms with Crippen LogP contribution in [0.4, 0.5) is 0 Å². The van der Waals surface area contributed by atoms with Crippen LogP contribution in [-0.2, 0) is 20.7 Å². The first-order valence-electron chi connectivity index (χ1n) is 6.60.